The van der Waals surface area contributed by atoms with Crippen LogP contribution in [-0.4, -0.2) is 9.97 Å². The highest BCUT2D eigenvalue weighted by Gasteiger charge is 1.87. The average Bonchev–Trinajstić information content (AvgIpc) is 1.91. The first-order chi connectivity index (χ1) is 4.43. The van der Waals surface area contributed by atoms with Crippen molar-refractivity contribution in [3.8, 4) is 0 Å². The van der Waals surface area contributed by atoms with Gasteiger partial charge < -0.3 is 3.07 Å². The summed E-state index contributed by atoms with van der Waals surface area (Å²) < 4.78 is 4.82. The van der Waals surface area contributed by atoms with E-state index >= 15 is 0 Å². The van der Waals surface area contributed by atoms with Crippen molar-refractivity contribution in [2.24, 2.45) is 0 Å². The molecular formula is C5H5IN2O. The maximum Gasteiger partial charge on any atom is 0.115 e. The summed E-state index contributed by atoms with van der Waals surface area (Å²) in [4.78, 5) is 7.62. The van der Waals surface area contributed by atoms with E-state index in [0.717, 1.165) is 5.56 Å². The third-order valence-corrected chi connectivity index (χ3v) is 1.15. The van der Waals surface area contributed by atoms with Crippen LogP contribution in [0.25, 0.3) is 0 Å². The minimum Gasteiger partial charge on any atom is -0.311 e. The molecule has 0 aliphatic rings. The Labute approximate surface area is 67.2 Å². The van der Waals surface area contributed by atoms with Crippen LogP contribution >= 0.6 is 23.0 Å². The summed E-state index contributed by atoms with van der Waals surface area (Å²) in [5.74, 6) is 0. The highest BCUT2D eigenvalue weighted by Crippen LogP contribution is 1.98. The van der Waals surface area contributed by atoms with Crippen LogP contribution in [0.15, 0.2) is 18.7 Å². The zero-order valence-corrected chi connectivity index (χ0v) is 6.78. The normalized spacial score (nSPS) is 9.44. The van der Waals surface area contributed by atoms with Gasteiger partial charge in [0.15, 0.2) is 0 Å². The smallest absolute Gasteiger partial charge is 0.115 e. The summed E-state index contributed by atoms with van der Waals surface area (Å²) in [5.41, 5.74) is 0.993. The van der Waals surface area contributed by atoms with Crippen LogP contribution in [0, 0.1) is 0 Å². The molecule has 0 saturated heterocycles. The monoisotopic (exact) mass is 236 g/mol. The number of hydrogen-bond donors (Lipinski definition) is 0. The number of hydrogen-bond acceptors (Lipinski definition) is 3. The first kappa shape index (κ1) is 6.88. The predicted octanol–water partition coefficient (Wildman–Crippen LogP) is 1.34. The molecule has 0 aromatic carbocycles. The Morgan fingerprint density at radius 2 is 2.11 bits per heavy atom. The van der Waals surface area contributed by atoms with Gasteiger partial charge in [-0.05, 0) is 0 Å². The minimum absolute atomic E-state index is 0.571. The lowest BCUT2D eigenvalue weighted by Crippen LogP contribution is -1.85. The standard InChI is InChI=1S/C5H5IN2O/c6-9-3-5-1-7-4-8-2-5/h1-2,4H,3H2. The lowest BCUT2D eigenvalue weighted by molar-refractivity contribution is 0.416. The Kier molecular flexibility index (Phi) is 2.85. The van der Waals surface area contributed by atoms with Crippen LogP contribution < -0.4 is 0 Å². The van der Waals surface area contributed by atoms with Gasteiger partial charge in [-0.15, -0.1) is 0 Å². The molecule has 9 heavy (non-hydrogen) atoms. The summed E-state index contributed by atoms with van der Waals surface area (Å²) in [7, 11) is 0. The highest BCUT2D eigenvalue weighted by molar-refractivity contribution is 14.1. The number of halogens is 1. The Bertz CT molecular complexity index is 168. The molecule has 0 atom stereocenters. The molecule has 0 bridgehead atoms. The average molecular weight is 236 g/mol. The molecular weight excluding hydrogens is 231 g/mol. The fraction of sp³-hybridized carbons (Fsp3) is 0.200. The summed E-state index contributed by atoms with van der Waals surface area (Å²) in [6.45, 7) is 0.571. The maximum absolute atomic E-state index is 4.82. The van der Waals surface area contributed by atoms with Gasteiger partial charge in [-0.25, -0.2) is 9.97 Å². The van der Waals surface area contributed by atoms with Gasteiger partial charge >= 0.3 is 0 Å². The van der Waals surface area contributed by atoms with E-state index in [1.54, 1.807) is 12.4 Å². The first-order valence-corrected chi connectivity index (χ1v) is 3.29. The van der Waals surface area contributed by atoms with Crippen molar-refractivity contribution in [1.82, 2.24) is 9.97 Å². The Hall–Kier alpha value is -0.230. The van der Waals surface area contributed by atoms with Crippen molar-refractivity contribution in [3.63, 3.8) is 0 Å². The molecule has 0 amide bonds. The van der Waals surface area contributed by atoms with Gasteiger partial charge in [0.25, 0.3) is 0 Å². The largest absolute Gasteiger partial charge is 0.311 e. The summed E-state index contributed by atoms with van der Waals surface area (Å²) >= 11 is 1.84. The summed E-state index contributed by atoms with van der Waals surface area (Å²) in [6, 6.07) is 0. The molecule has 1 aromatic heterocycles. The van der Waals surface area contributed by atoms with Crippen LogP contribution in [-0.2, 0) is 9.67 Å². The molecule has 0 saturated carbocycles. The second-order valence-corrected chi connectivity index (χ2v) is 2.12. The SMILES string of the molecule is IOCc1cncnc1. The van der Waals surface area contributed by atoms with Gasteiger partial charge in [0.1, 0.15) is 29.3 Å². The van der Waals surface area contributed by atoms with Crippen molar-refractivity contribution >= 4 is 23.0 Å². The van der Waals surface area contributed by atoms with Crippen molar-refractivity contribution < 1.29 is 3.07 Å². The molecule has 0 fully saturated rings. The van der Waals surface area contributed by atoms with E-state index < -0.39 is 0 Å². The minimum atomic E-state index is 0.571. The van der Waals surface area contributed by atoms with Crippen LogP contribution in [0.5, 0.6) is 0 Å². The molecule has 3 nitrogen and oxygen atoms in total. The highest BCUT2D eigenvalue weighted by atomic mass is 127. The van der Waals surface area contributed by atoms with Gasteiger partial charge in [-0.3, -0.25) is 0 Å². The van der Waals surface area contributed by atoms with E-state index in [0.29, 0.717) is 6.61 Å². The molecule has 1 heterocycles. The van der Waals surface area contributed by atoms with Crippen molar-refractivity contribution in [2.75, 3.05) is 0 Å². The zero-order chi connectivity index (χ0) is 6.53. The van der Waals surface area contributed by atoms with E-state index in [-0.39, 0.29) is 0 Å². The second kappa shape index (κ2) is 3.73. The third-order valence-electron chi connectivity index (χ3n) is 0.835. The van der Waals surface area contributed by atoms with E-state index in [4.69, 9.17) is 3.07 Å². The van der Waals surface area contributed by atoms with Gasteiger partial charge in [-0.1, -0.05) is 0 Å². The molecule has 0 N–H and O–H groups in total. The fourth-order valence-corrected chi connectivity index (χ4v) is 0.827. The molecule has 48 valence electrons. The molecule has 1 rings (SSSR count). The van der Waals surface area contributed by atoms with Gasteiger partial charge in [0.2, 0.25) is 0 Å². The van der Waals surface area contributed by atoms with Gasteiger partial charge in [0.05, 0.1) is 6.61 Å². The van der Waals surface area contributed by atoms with Crippen LogP contribution in [0.1, 0.15) is 5.56 Å². The van der Waals surface area contributed by atoms with E-state index in [1.165, 1.54) is 6.33 Å². The number of nitrogens with zero attached hydrogens (tertiary/aromatic N) is 2. The van der Waals surface area contributed by atoms with Crippen molar-refractivity contribution in [1.29, 1.82) is 0 Å². The zero-order valence-electron chi connectivity index (χ0n) is 4.62. The van der Waals surface area contributed by atoms with Crippen LogP contribution in [0.2, 0.25) is 0 Å². The van der Waals surface area contributed by atoms with Crippen molar-refractivity contribution in [3.05, 3.63) is 24.3 Å². The Morgan fingerprint density at radius 1 is 1.44 bits per heavy atom. The van der Waals surface area contributed by atoms with E-state index in [2.05, 4.69) is 9.97 Å². The molecule has 1 aromatic rings. The quantitative estimate of drug-likeness (QED) is 0.727. The third kappa shape index (κ3) is 2.23. The number of rotatable bonds is 2. The molecule has 0 aliphatic carbocycles. The van der Waals surface area contributed by atoms with E-state index in [1.807, 2.05) is 23.0 Å². The lowest BCUT2D eigenvalue weighted by atomic mass is 10.4. The molecule has 0 radical (unpaired) electrons. The first-order valence-electron chi connectivity index (χ1n) is 2.41. The maximum atomic E-state index is 4.82. The van der Waals surface area contributed by atoms with Crippen molar-refractivity contribution in [2.45, 2.75) is 6.61 Å². The molecule has 0 spiro atoms. The van der Waals surface area contributed by atoms with E-state index in [9.17, 15) is 0 Å². The predicted molar refractivity (Wildman–Crippen MR) is 40.8 cm³/mol. The fourth-order valence-electron chi connectivity index (χ4n) is 0.467. The summed E-state index contributed by atoms with van der Waals surface area (Å²) in [5, 5.41) is 0. The van der Waals surface area contributed by atoms with Gasteiger partial charge in [0, 0.05) is 18.0 Å². The second-order valence-electron chi connectivity index (χ2n) is 1.50. The molecule has 0 unspecified atom stereocenters. The Morgan fingerprint density at radius 3 is 2.67 bits per heavy atom. The lowest BCUT2D eigenvalue weighted by Gasteiger charge is -1.92. The van der Waals surface area contributed by atoms with Crippen LogP contribution in [0.3, 0.4) is 0 Å². The number of aromatic nitrogens is 2. The molecule has 4 heteroatoms. The molecule has 0 aliphatic heterocycles. The topological polar surface area (TPSA) is 35.0 Å². The summed E-state index contributed by atoms with van der Waals surface area (Å²) in [6.07, 6.45) is 4.95. The van der Waals surface area contributed by atoms with Crippen LogP contribution in [0.4, 0.5) is 0 Å². The Balaban J connectivity index is 2.61. The van der Waals surface area contributed by atoms with Gasteiger partial charge in [-0.2, -0.15) is 0 Å².